The van der Waals surface area contributed by atoms with Crippen LogP contribution >= 0.6 is 0 Å². The van der Waals surface area contributed by atoms with Crippen molar-refractivity contribution in [3.8, 4) is 5.75 Å². The Hall–Kier alpha value is -1.31. The van der Waals surface area contributed by atoms with Crippen LogP contribution in [0.1, 0.15) is 19.4 Å². The quantitative estimate of drug-likeness (QED) is 0.707. The van der Waals surface area contributed by atoms with Gasteiger partial charge in [-0.05, 0) is 18.1 Å². The van der Waals surface area contributed by atoms with E-state index in [-0.39, 0.29) is 5.92 Å². The molecule has 0 aliphatic heterocycles. The van der Waals surface area contributed by atoms with Crippen molar-refractivity contribution in [3.63, 3.8) is 0 Å². The largest absolute Gasteiger partial charge is 0.496 e. The van der Waals surface area contributed by atoms with Gasteiger partial charge < -0.3 is 10.1 Å². The van der Waals surface area contributed by atoms with E-state index in [1.807, 2.05) is 38.1 Å². The number of benzene rings is 1. The first kappa shape index (κ1) is 9.78. The maximum atomic E-state index is 7.85. The lowest BCUT2D eigenvalue weighted by Crippen LogP contribution is -2.08. The highest BCUT2D eigenvalue weighted by Crippen LogP contribution is 2.20. The molecule has 0 saturated heterocycles. The zero-order chi connectivity index (χ0) is 9.84. The third-order valence-corrected chi connectivity index (χ3v) is 1.97. The SMILES string of the molecule is COc1ccccc1C(=N)C(C)C. The number of para-hydroxylation sites is 1. The third kappa shape index (κ3) is 2.08. The molecule has 0 aliphatic carbocycles. The highest BCUT2D eigenvalue weighted by Gasteiger charge is 2.10. The number of nitrogens with one attached hydrogen (secondary N) is 1. The fraction of sp³-hybridized carbons (Fsp3) is 0.364. The van der Waals surface area contributed by atoms with E-state index in [9.17, 15) is 0 Å². The molecule has 70 valence electrons. The van der Waals surface area contributed by atoms with E-state index in [0.29, 0.717) is 5.71 Å². The van der Waals surface area contributed by atoms with Crippen LogP contribution in [0.25, 0.3) is 0 Å². The van der Waals surface area contributed by atoms with Crippen molar-refractivity contribution < 1.29 is 4.74 Å². The first-order valence-electron chi connectivity index (χ1n) is 4.38. The molecule has 0 aromatic heterocycles. The number of methoxy groups -OCH3 is 1. The molecule has 0 saturated carbocycles. The maximum absolute atomic E-state index is 7.85. The average Bonchev–Trinajstić information content (AvgIpc) is 2.16. The average molecular weight is 177 g/mol. The predicted octanol–water partition coefficient (Wildman–Crippen LogP) is 2.72. The molecular formula is C11H15NO. The van der Waals surface area contributed by atoms with E-state index in [4.69, 9.17) is 10.1 Å². The van der Waals surface area contributed by atoms with Crippen LogP contribution in [-0.2, 0) is 0 Å². The van der Waals surface area contributed by atoms with Crippen LogP contribution in [-0.4, -0.2) is 12.8 Å². The molecule has 1 aromatic rings. The Morgan fingerprint density at radius 3 is 2.46 bits per heavy atom. The second-order valence-electron chi connectivity index (χ2n) is 3.27. The Bertz CT molecular complexity index is 305. The lowest BCUT2D eigenvalue weighted by atomic mass is 9.99. The van der Waals surface area contributed by atoms with Crippen molar-refractivity contribution in [1.82, 2.24) is 0 Å². The van der Waals surface area contributed by atoms with Crippen molar-refractivity contribution in [2.75, 3.05) is 7.11 Å². The molecule has 1 aromatic carbocycles. The van der Waals surface area contributed by atoms with Gasteiger partial charge in [0.1, 0.15) is 5.75 Å². The summed E-state index contributed by atoms with van der Waals surface area (Å²) in [6, 6.07) is 7.64. The van der Waals surface area contributed by atoms with Gasteiger partial charge in [0.25, 0.3) is 0 Å². The Morgan fingerprint density at radius 1 is 1.31 bits per heavy atom. The van der Waals surface area contributed by atoms with Gasteiger partial charge in [-0.1, -0.05) is 26.0 Å². The van der Waals surface area contributed by atoms with Crippen molar-refractivity contribution in [3.05, 3.63) is 29.8 Å². The molecule has 0 heterocycles. The molecule has 0 fully saturated rings. The van der Waals surface area contributed by atoms with Gasteiger partial charge in [0.05, 0.1) is 7.11 Å². The Morgan fingerprint density at radius 2 is 1.92 bits per heavy atom. The molecule has 1 rings (SSSR count). The van der Waals surface area contributed by atoms with E-state index in [2.05, 4.69) is 0 Å². The van der Waals surface area contributed by atoms with Crippen LogP contribution in [0.2, 0.25) is 0 Å². The lowest BCUT2D eigenvalue weighted by Gasteiger charge is -2.11. The first-order valence-corrected chi connectivity index (χ1v) is 4.38. The van der Waals surface area contributed by atoms with Gasteiger partial charge in [-0.25, -0.2) is 0 Å². The fourth-order valence-electron chi connectivity index (χ4n) is 1.18. The van der Waals surface area contributed by atoms with E-state index in [1.165, 1.54) is 0 Å². The minimum absolute atomic E-state index is 0.233. The van der Waals surface area contributed by atoms with Crippen LogP contribution < -0.4 is 4.74 Å². The van der Waals surface area contributed by atoms with Gasteiger partial charge >= 0.3 is 0 Å². The summed E-state index contributed by atoms with van der Waals surface area (Å²) in [6.45, 7) is 4.02. The number of hydrogen-bond acceptors (Lipinski definition) is 2. The van der Waals surface area contributed by atoms with Gasteiger partial charge in [-0.15, -0.1) is 0 Å². The molecule has 0 aliphatic rings. The zero-order valence-electron chi connectivity index (χ0n) is 8.29. The van der Waals surface area contributed by atoms with E-state index >= 15 is 0 Å². The van der Waals surface area contributed by atoms with Gasteiger partial charge in [0.2, 0.25) is 0 Å². The highest BCUT2D eigenvalue weighted by molar-refractivity contribution is 6.01. The minimum Gasteiger partial charge on any atom is -0.496 e. The van der Waals surface area contributed by atoms with Crippen LogP contribution in [0.15, 0.2) is 24.3 Å². The summed E-state index contributed by atoms with van der Waals surface area (Å²) in [7, 11) is 1.63. The number of rotatable bonds is 3. The Labute approximate surface area is 79.1 Å². The number of ether oxygens (including phenoxy) is 1. The smallest absolute Gasteiger partial charge is 0.127 e. The lowest BCUT2D eigenvalue weighted by molar-refractivity contribution is 0.413. The molecule has 0 bridgehead atoms. The van der Waals surface area contributed by atoms with Crippen LogP contribution in [0, 0.1) is 11.3 Å². The summed E-state index contributed by atoms with van der Waals surface area (Å²) in [5.74, 6) is 1.01. The summed E-state index contributed by atoms with van der Waals surface area (Å²) in [5, 5.41) is 7.85. The molecule has 0 spiro atoms. The Kier molecular flexibility index (Phi) is 3.07. The number of hydrogen-bond donors (Lipinski definition) is 1. The molecule has 2 nitrogen and oxygen atoms in total. The molecule has 0 radical (unpaired) electrons. The van der Waals surface area contributed by atoms with Gasteiger partial charge in [0.15, 0.2) is 0 Å². The molecule has 0 amide bonds. The monoisotopic (exact) mass is 177 g/mol. The van der Waals surface area contributed by atoms with Crippen molar-refractivity contribution in [1.29, 1.82) is 5.41 Å². The molecule has 0 atom stereocenters. The van der Waals surface area contributed by atoms with Crippen molar-refractivity contribution >= 4 is 5.71 Å². The standard InChI is InChI=1S/C11H15NO/c1-8(2)11(12)9-6-4-5-7-10(9)13-3/h4-8,12H,1-3H3. The molecule has 1 N–H and O–H groups in total. The maximum Gasteiger partial charge on any atom is 0.127 e. The summed E-state index contributed by atoms with van der Waals surface area (Å²) in [5.41, 5.74) is 1.51. The molecular weight excluding hydrogens is 162 g/mol. The molecule has 13 heavy (non-hydrogen) atoms. The van der Waals surface area contributed by atoms with Crippen molar-refractivity contribution in [2.45, 2.75) is 13.8 Å². The summed E-state index contributed by atoms with van der Waals surface area (Å²) >= 11 is 0. The van der Waals surface area contributed by atoms with Gasteiger partial charge in [0, 0.05) is 11.3 Å². The van der Waals surface area contributed by atoms with Gasteiger partial charge in [-0.2, -0.15) is 0 Å². The highest BCUT2D eigenvalue weighted by atomic mass is 16.5. The fourth-order valence-corrected chi connectivity index (χ4v) is 1.18. The van der Waals surface area contributed by atoms with E-state index < -0.39 is 0 Å². The van der Waals surface area contributed by atoms with E-state index in [0.717, 1.165) is 11.3 Å². The second kappa shape index (κ2) is 4.08. The van der Waals surface area contributed by atoms with Crippen molar-refractivity contribution in [2.24, 2.45) is 5.92 Å². The third-order valence-electron chi connectivity index (χ3n) is 1.97. The first-order chi connectivity index (χ1) is 6.16. The normalized spacial score (nSPS) is 10.2. The summed E-state index contributed by atoms with van der Waals surface area (Å²) < 4.78 is 5.18. The molecule has 2 heteroatoms. The van der Waals surface area contributed by atoms with Gasteiger partial charge in [-0.3, -0.25) is 0 Å². The second-order valence-corrected chi connectivity index (χ2v) is 3.27. The van der Waals surface area contributed by atoms with Crippen LogP contribution in [0.4, 0.5) is 0 Å². The topological polar surface area (TPSA) is 33.1 Å². The van der Waals surface area contributed by atoms with E-state index in [1.54, 1.807) is 7.11 Å². The minimum atomic E-state index is 0.233. The van der Waals surface area contributed by atoms with Crippen LogP contribution in [0.5, 0.6) is 5.75 Å². The Balaban J connectivity index is 3.06. The predicted molar refractivity (Wildman–Crippen MR) is 54.7 cm³/mol. The summed E-state index contributed by atoms with van der Waals surface area (Å²) in [4.78, 5) is 0. The molecule has 0 unspecified atom stereocenters. The zero-order valence-corrected chi connectivity index (χ0v) is 8.29. The summed E-state index contributed by atoms with van der Waals surface area (Å²) in [6.07, 6.45) is 0. The van der Waals surface area contributed by atoms with Crippen LogP contribution in [0.3, 0.4) is 0 Å².